The molecular weight excluding hydrogens is 246 g/mol. The zero-order valence-electron chi connectivity index (χ0n) is 9.11. The number of alkyl halides is 1. The van der Waals surface area contributed by atoms with Crippen LogP contribution >= 0.6 is 11.6 Å². The molecule has 0 aromatic heterocycles. The Morgan fingerprint density at radius 1 is 1.44 bits per heavy atom. The van der Waals surface area contributed by atoms with Crippen LogP contribution in [0.4, 0.5) is 5.69 Å². The molecule has 1 aromatic rings. The van der Waals surface area contributed by atoms with Crippen LogP contribution < -0.4 is 4.90 Å². The van der Waals surface area contributed by atoms with Gasteiger partial charge in [-0.15, -0.1) is 11.6 Å². The molecule has 5 heteroatoms. The topological polar surface area (TPSA) is 37.4 Å². The highest BCUT2D eigenvalue weighted by atomic mass is 35.5. The quantitative estimate of drug-likeness (QED) is 0.603. The fourth-order valence-electron chi connectivity index (χ4n) is 1.93. The monoisotopic (exact) mass is 259 g/mol. The molecular formula is C11H14ClNO2S. The highest BCUT2D eigenvalue weighted by molar-refractivity contribution is 7.91. The number of hydrogen-bond acceptors (Lipinski definition) is 3. The lowest BCUT2D eigenvalue weighted by atomic mass is 10.1. The molecule has 0 aliphatic carbocycles. The largest absolute Gasteiger partial charge is 0.361 e. The number of benzene rings is 1. The van der Waals surface area contributed by atoms with Crippen molar-refractivity contribution in [2.75, 3.05) is 23.7 Å². The maximum atomic E-state index is 11.8. The normalized spacial score (nSPS) is 17.9. The molecule has 1 aliphatic heterocycles. The van der Waals surface area contributed by atoms with Crippen molar-refractivity contribution in [1.29, 1.82) is 0 Å². The molecule has 0 amide bonds. The van der Waals surface area contributed by atoms with E-state index in [0.717, 1.165) is 17.7 Å². The van der Waals surface area contributed by atoms with E-state index < -0.39 is 9.84 Å². The number of hydrogen-bond donors (Lipinski definition) is 0. The molecule has 0 saturated heterocycles. The highest BCUT2D eigenvalue weighted by Crippen LogP contribution is 2.28. The summed E-state index contributed by atoms with van der Waals surface area (Å²) in [7, 11) is -1.16. The van der Waals surface area contributed by atoms with Gasteiger partial charge in [-0.25, -0.2) is 8.42 Å². The first-order chi connectivity index (χ1) is 7.54. The molecule has 88 valence electrons. The van der Waals surface area contributed by atoms with E-state index >= 15 is 0 Å². The molecule has 0 spiro atoms. The van der Waals surface area contributed by atoms with E-state index in [0.29, 0.717) is 17.3 Å². The van der Waals surface area contributed by atoms with Gasteiger partial charge < -0.3 is 4.90 Å². The Hall–Kier alpha value is -0.740. The molecule has 1 aromatic carbocycles. The average molecular weight is 260 g/mol. The third-order valence-electron chi connectivity index (χ3n) is 2.86. The lowest BCUT2D eigenvalue weighted by molar-refractivity contribution is 0.586. The maximum Gasteiger partial charge on any atom is 0.178 e. The van der Waals surface area contributed by atoms with Gasteiger partial charge in [0.05, 0.1) is 16.7 Å². The van der Waals surface area contributed by atoms with E-state index in [-0.39, 0.29) is 5.75 Å². The Kier molecular flexibility index (Phi) is 3.13. The van der Waals surface area contributed by atoms with Crippen molar-refractivity contribution in [1.82, 2.24) is 0 Å². The second kappa shape index (κ2) is 4.26. The van der Waals surface area contributed by atoms with Crippen LogP contribution in [0.1, 0.15) is 12.0 Å². The molecule has 2 rings (SSSR count). The fraction of sp³-hybridized carbons (Fsp3) is 0.455. The van der Waals surface area contributed by atoms with Crippen LogP contribution in [0.15, 0.2) is 23.1 Å². The van der Waals surface area contributed by atoms with Gasteiger partial charge in [0.25, 0.3) is 0 Å². The highest BCUT2D eigenvalue weighted by Gasteiger charge is 2.23. The lowest BCUT2D eigenvalue weighted by Crippen LogP contribution is -2.18. The molecule has 1 aliphatic rings. The SMILES string of the molecule is CN(CCl)c1ccc2c(c1)CCCS2(=O)=O. The van der Waals surface area contributed by atoms with Crippen LogP contribution in [0.2, 0.25) is 0 Å². The number of anilines is 1. The molecule has 16 heavy (non-hydrogen) atoms. The molecule has 0 fully saturated rings. The summed E-state index contributed by atoms with van der Waals surface area (Å²) in [6, 6.07) is 5.83. The van der Waals surface area contributed by atoms with E-state index in [1.54, 1.807) is 6.07 Å². The van der Waals surface area contributed by atoms with Crippen LogP contribution in [0, 0.1) is 0 Å². The molecule has 3 nitrogen and oxygen atoms in total. The van der Waals surface area contributed by atoms with E-state index in [1.807, 2.05) is 24.1 Å². The molecule has 0 N–H and O–H groups in total. The average Bonchev–Trinajstić information content (AvgIpc) is 2.27. The Morgan fingerprint density at radius 3 is 2.88 bits per heavy atom. The Bertz CT molecular complexity index is 499. The van der Waals surface area contributed by atoms with Gasteiger partial charge in [-0.1, -0.05) is 0 Å². The molecule has 0 radical (unpaired) electrons. The van der Waals surface area contributed by atoms with Crippen LogP contribution in [0.3, 0.4) is 0 Å². The van der Waals surface area contributed by atoms with Gasteiger partial charge in [0.2, 0.25) is 0 Å². The lowest BCUT2D eigenvalue weighted by Gasteiger charge is -2.21. The zero-order valence-corrected chi connectivity index (χ0v) is 10.7. The minimum Gasteiger partial charge on any atom is -0.361 e. The Labute approximate surface area is 101 Å². The van der Waals surface area contributed by atoms with Crippen molar-refractivity contribution in [2.24, 2.45) is 0 Å². The first-order valence-electron chi connectivity index (χ1n) is 5.17. The molecule has 1 heterocycles. The van der Waals surface area contributed by atoms with Gasteiger partial charge in [-0.05, 0) is 36.6 Å². The van der Waals surface area contributed by atoms with Crippen LogP contribution in [-0.4, -0.2) is 27.2 Å². The minimum atomic E-state index is -3.04. The maximum absolute atomic E-state index is 11.8. The molecule has 0 bridgehead atoms. The van der Waals surface area contributed by atoms with Gasteiger partial charge in [0.1, 0.15) is 0 Å². The number of fused-ring (bicyclic) bond motifs is 1. The first kappa shape index (κ1) is 11.7. The summed E-state index contributed by atoms with van der Waals surface area (Å²) >= 11 is 5.73. The van der Waals surface area contributed by atoms with Crippen LogP contribution in [0.25, 0.3) is 0 Å². The van der Waals surface area contributed by atoms with E-state index in [4.69, 9.17) is 11.6 Å². The third-order valence-corrected chi connectivity index (χ3v) is 5.11. The number of nitrogens with zero attached hydrogens (tertiary/aromatic N) is 1. The predicted molar refractivity (Wildman–Crippen MR) is 65.9 cm³/mol. The number of aryl methyl sites for hydroxylation is 1. The second-order valence-electron chi connectivity index (χ2n) is 4.03. The number of halogens is 1. The van der Waals surface area contributed by atoms with Crippen LogP contribution in [0.5, 0.6) is 0 Å². The van der Waals surface area contributed by atoms with Crippen LogP contribution in [-0.2, 0) is 16.3 Å². The fourth-order valence-corrected chi connectivity index (χ4v) is 3.65. The second-order valence-corrected chi connectivity index (χ2v) is 6.35. The Balaban J connectivity index is 2.48. The summed E-state index contributed by atoms with van der Waals surface area (Å²) in [5.41, 5.74) is 1.88. The summed E-state index contributed by atoms with van der Waals surface area (Å²) in [5, 5.41) is 0. The van der Waals surface area contributed by atoms with Crippen molar-refractivity contribution in [3.63, 3.8) is 0 Å². The third kappa shape index (κ3) is 2.04. The summed E-state index contributed by atoms with van der Waals surface area (Å²) in [6.45, 7) is 0. The summed E-state index contributed by atoms with van der Waals surface area (Å²) in [5.74, 6) is 0.269. The summed E-state index contributed by atoms with van der Waals surface area (Å²) in [4.78, 5) is 2.37. The van der Waals surface area contributed by atoms with Gasteiger partial charge >= 0.3 is 0 Å². The van der Waals surface area contributed by atoms with Crippen molar-refractivity contribution < 1.29 is 8.42 Å². The van der Waals surface area contributed by atoms with E-state index in [2.05, 4.69) is 0 Å². The standard InChI is InChI=1S/C11H14ClNO2S/c1-13(8-12)10-4-5-11-9(7-10)3-2-6-16(11,14)15/h4-5,7H,2-3,6,8H2,1H3. The molecule has 0 saturated carbocycles. The van der Waals surface area contributed by atoms with Crippen molar-refractivity contribution in [2.45, 2.75) is 17.7 Å². The van der Waals surface area contributed by atoms with Crippen molar-refractivity contribution in [3.05, 3.63) is 23.8 Å². The predicted octanol–water partition coefficient (Wildman–Crippen LogP) is 2.04. The smallest absolute Gasteiger partial charge is 0.178 e. The number of sulfone groups is 1. The van der Waals surface area contributed by atoms with Gasteiger partial charge in [-0.3, -0.25) is 0 Å². The summed E-state index contributed by atoms with van der Waals surface area (Å²) in [6.07, 6.45) is 1.54. The Morgan fingerprint density at radius 2 is 2.19 bits per heavy atom. The zero-order chi connectivity index (χ0) is 11.8. The van der Waals surface area contributed by atoms with Crippen molar-refractivity contribution in [3.8, 4) is 0 Å². The van der Waals surface area contributed by atoms with Gasteiger partial charge in [-0.2, -0.15) is 0 Å². The molecule has 0 atom stereocenters. The van der Waals surface area contributed by atoms with Crippen molar-refractivity contribution >= 4 is 27.1 Å². The number of rotatable bonds is 2. The molecule has 0 unspecified atom stereocenters. The minimum absolute atomic E-state index is 0.269. The van der Waals surface area contributed by atoms with Gasteiger partial charge in [0, 0.05) is 12.7 Å². The van der Waals surface area contributed by atoms with E-state index in [9.17, 15) is 8.42 Å². The first-order valence-corrected chi connectivity index (χ1v) is 7.36. The van der Waals surface area contributed by atoms with Gasteiger partial charge in [0.15, 0.2) is 9.84 Å². The van der Waals surface area contributed by atoms with E-state index in [1.165, 1.54) is 0 Å². The summed E-state index contributed by atoms with van der Waals surface area (Å²) < 4.78 is 23.6.